The number of carbonyl (C=O) groups is 1. The Morgan fingerprint density at radius 3 is 2.62 bits per heavy atom. The molecular formula is C19H29N3O4. The molecule has 2 fully saturated rings. The van der Waals surface area contributed by atoms with Gasteiger partial charge in [0.2, 0.25) is 5.88 Å². The second-order valence-corrected chi connectivity index (χ2v) is 7.91. The Balaban J connectivity index is 1.55. The highest BCUT2D eigenvalue weighted by atomic mass is 16.6. The van der Waals surface area contributed by atoms with Crippen molar-refractivity contribution in [2.45, 2.75) is 51.9 Å². The number of pyridine rings is 1. The number of aromatic nitrogens is 1. The maximum atomic E-state index is 12.3. The van der Waals surface area contributed by atoms with Crippen molar-refractivity contribution in [2.75, 3.05) is 37.7 Å². The van der Waals surface area contributed by atoms with Crippen molar-refractivity contribution in [3.05, 3.63) is 18.3 Å². The summed E-state index contributed by atoms with van der Waals surface area (Å²) in [5.41, 5.74) is 0.586. The van der Waals surface area contributed by atoms with Crippen molar-refractivity contribution in [3.63, 3.8) is 0 Å². The quantitative estimate of drug-likeness (QED) is 0.823. The van der Waals surface area contributed by atoms with E-state index < -0.39 is 5.60 Å². The van der Waals surface area contributed by atoms with E-state index in [0.29, 0.717) is 12.4 Å². The van der Waals surface area contributed by atoms with Crippen molar-refractivity contribution < 1.29 is 19.0 Å². The standard InChI is InChI=1S/C19H29N3O4/c1-14-11-16(13-22(14)18(23)26-19(2,3)4)25-17-6-5-15(12-20-17)21-7-9-24-10-8-21/h5-6,12,14,16H,7-11,13H2,1-4H3/t14-,16+/m0/s1. The van der Waals surface area contributed by atoms with Crippen molar-refractivity contribution in [1.29, 1.82) is 0 Å². The van der Waals surface area contributed by atoms with Gasteiger partial charge in [-0.25, -0.2) is 9.78 Å². The van der Waals surface area contributed by atoms with E-state index in [1.54, 1.807) is 4.90 Å². The Labute approximate surface area is 155 Å². The molecule has 2 aliphatic heterocycles. The number of hydrogen-bond donors (Lipinski definition) is 0. The highest BCUT2D eigenvalue weighted by Crippen LogP contribution is 2.25. The van der Waals surface area contributed by atoms with Crippen molar-refractivity contribution in [3.8, 4) is 5.88 Å². The lowest BCUT2D eigenvalue weighted by Crippen LogP contribution is -2.39. The minimum absolute atomic E-state index is 0.0701. The van der Waals surface area contributed by atoms with E-state index in [0.717, 1.165) is 38.4 Å². The summed E-state index contributed by atoms with van der Waals surface area (Å²) in [5, 5.41) is 0. The molecule has 144 valence electrons. The van der Waals surface area contributed by atoms with Crippen molar-refractivity contribution in [2.24, 2.45) is 0 Å². The first-order chi connectivity index (χ1) is 12.3. The summed E-state index contributed by atoms with van der Waals surface area (Å²) in [7, 11) is 0. The van der Waals surface area contributed by atoms with Gasteiger partial charge >= 0.3 is 6.09 Å². The highest BCUT2D eigenvalue weighted by Gasteiger charge is 2.36. The molecule has 2 atom stereocenters. The van der Waals surface area contributed by atoms with Crippen molar-refractivity contribution >= 4 is 11.8 Å². The van der Waals surface area contributed by atoms with Crippen LogP contribution in [0.3, 0.4) is 0 Å². The maximum absolute atomic E-state index is 12.3. The average molecular weight is 363 g/mol. The zero-order valence-electron chi connectivity index (χ0n) is 16.1. The second-order valence-electron chi connectivity index (χ2n) is 7.91. The summed E-state index contributed by atoms with van der Waals surface area (Å²) < 4.78 is 16.8. The molecule has 3 heterocycles. The number of carbonyl (C=O) groups excluding carboxylic acids is 1. The number of ether oxygens (including phenoxy) is 3. The number of morpholine rings is 1. The molecule has 2 aliphatic rings. The Kier molecular flexibility index (Phi) is 5.55. The molecule has 0 saturated carbocycles. The summed E-state index contributed by atoms with van der Waals surface area (Å²) in [6.45, 7) is 11.4. The van der Waals surface area contributed by atoms with Gasteiger partial charge in [-0.1, -0.05) is 0 Å². The number of amides is 1. The first-order valence-electron chi connectivity index (χ1n) is 9.27. The summed E-state index contributed by atoms with van der Waals surface area (Å²) in [6, 6.07) is 4.01. The summed E-state index contributed by atoms with van der Waals surface area (Å²) in [4.78, 5) is 20.7. The van der Waals surface area contributed by atoms with Crippen LogP contribution in [0.25, 0.3) is 0 Å². The van der Waals surface area contributed by atoms with Gasteiger partial charge in [0.1, 0.15) is 11.7 Å². The first-order valence-corrected chi connectivity index (χ1v) is 9.27. The molecule has 0 radical (unpaired) electrons. The van der Waals surface area contributed by atoms with Crippen LogP contribution in [-0.2, 0) is 9.47 Å². The molecule has 0 N–H and O–H groups in total. The van der Waals surface area contributed by atoms with E-state index in [9.17, 15) is 4.79 Å². The normalized spacial score (nSPS) is 23.8. The average Bonchev–Trinajstić information content (AvgIpc) is 2.95. The Morgan fingerprint density at radius 2 is 2.00 bits per heavy atom. The third-order valence-corrected chi connectivity index (χ3v) is 4.55. The third kappa shape index (κ3) is 4.78. The van der Waals surface area contributed by atoms with E-state index in [4.69, 9.17) is 14.2 Å². The lowest BCUT2D eigenvalue weighted by molar-refractivity contribution is 0.0223. The van der Waals surface area contributed by atoms with Crippen LogP contribution in [0.1, 0.15) is 34.1 Å². The fourth-order valence-electron chi connectivity index (χ4n) is 3.26. The summed E-state index contributed by atoms with van der Waals surface area (Å²) in [5.74, 6) is 0.588. The topological polar surface area (TPSA) is 64.1 Å². The summed E-state index contributed by atoms with van der Waals surface area (Å²) >= 11 is 0. The van der Waals surface area contributed by atoms with Gasteiger partial charge < -0.3 is 24.0 Å². The van der Waals surface area contributed by atoms with Crippen LogP contribution in [0.15, 0.2) is 18.3 Å². The summed E-state index contributed by atoms with van der Waals surface area (Å²) in [6.07, 6.45) is 2.25. The molecule has 26 heavy (non-hydrogen) atoms. The second kappa shape index (κ2) is 7.70. The van der Waals surface area contributed by atoms with Crippen LogP contribution < -0.4 is 9.64 Å². The van der Waals surface area contributed by atoms with Gasteiger partial charge in [0.05, 0.1) is 31.6 Å². The molecule has 7 nitrogen and oxygen atoms in total. The number of anilines is 1. The predicted octanol–water partition coefficient (Wildman–Crippen LogP) is 2.69. The number of likely N-dealkylation sites (tertiary alicyclic amines) is 1. The largest absolute Gasteiger partial charge is 0.472 e. The van der Waals surface area contributed by atoms with Gasteiger partial charge in [0.25, 0.3) is 0 Å². The fraction of sp³-hybridized carbons (Fsp3) is 0.684. The van der Waals surface area contributed by atoms with Gasteiger partial charge in [0.15, 0.2) is 0 Å². The molecule has 0 aromatic carbocycles. The van der Waals surface area contributed by atoms with Gasteiger partial charge in [-0.05, 0) is 33.8 Å². The van der Waals surface area contributed by atoms with Crippen LogP contribution in [0, 0.1) is 0 Å². The molecule has 1 aromatic rings. The van der Waals surface area contributed by atoms with E-state index in [-0.39, 0.29) is 18.2 Å². The number of nitrogens with zero attached hydrogens (tertiary/aromatic N) is 3. The predicted molar refractivity (Wildman–Crippen MR) is 98.7 cm³/mol. The monoisotopic (exact) mass is 363 g/mol. The molecule has 2 saturated heterocycles. The Morgan fingerprint density at radius 1 is 1.27 bits per heavy atom. The lowest BCUT2D eigenvalue weighted by atomic mass is 10.2. The van der Waals surface area contributed by atoms with Gasteiger partial charge in [-0.15, -0.1) is 0 Å². The van der Waals surface area contributed by atoms with Crippen LogP contribution in [0.4, 0.5) is 10.5 Å². The molecule has 1 aromatic heterocycles. The Hall–Kier alpha value is -2.02. The van der Waals surface area contributed by atoms with Crippen LogP contribution in [0.5, 0.6) is 5.88 Å². The zero-order valence-corrected chi connectivity index (χ0v) is 16.1. The third-order valence-electron chi connectivity index (χ3n) is 4.55. The Bertz CT molecular complexity index is 608. The SMILES string of the molecule is C[C@H]1C[C@@H](Oc2ccc(N3CCOCC3)cn2)CN1C(=O)OC(C)(C)C. The molecule has 0 spiro atoms. The molecule has 3 rings (SSSR count). The minimum Gasteiger partial charge on any atom is -0.472 e. The molecule has 0 bridgehead atoms. The number of rotatable bonds is 3. The fourth-order valence-corrected chi connectivity index (χ4v) is 3.26. The molecule has 0 unspecified atom stereocenters. The molecule has 0 aliphatic carbocycles. The van der Waals surface area contributed by atoms with E-state index in [2.05, 4.69) is 9.88 Å². The molecule has 7 heteroatoms. The van der Waals surface area contributed by atoms with Gasteiger partial charge in [-0.3, -0.25) is 0 Å². The smallest absolute Gasteiger partial charge is 0.410 e. The zero-order chi connectivity index (χ0) is 18.7. The van der Waals surface area contributed by atoms with Gasteiger partial charge in [-0.2, -0.15) is 0 Å². The van der Waals surface area contributed by atoms with E-state index in [1.165, 1.54) is 0 Å². The number of hydrogen-bond acceptors (Lipinski definition) is 6. The minimum atomic E-state index is -0.493. The van der Waals surface area contributed by atoms with Crippen molar-refractivity contribution in [1.82, 2.24) is 9.88 Å². The van der Waals surface area contributed by atoms with Crippen LogP contribution >= 0.6 is 0 Å². The van der Waals surface area contributed by atoms with Crippen LogP contribution in [-0.4, -0.2) is 66.6 Å². The van der Waals surface area contributed by atoms with E-state index in [1.807, 2.05) is 46.0 Å². The van der Waals surface area contributed by atoms with Gasteiger partial charge in [0, 0.05) is 31.6 Å². The first kappa shape index (κ1) is 18.8. The lowest BCUT2D eigenvalue weighted by Gasteiger charge is -2.28. The molecule has 1 amide bonds. The highest BCUT2D eigenvalue weighted by molar-refractivity contribution is 5.69. The van der Waals surface area contributed by atoms with Crippen LogP contribution in [0.2, 0.25) is 0 Å². The maximum Gasteiger partial charge on any atom is 0.410 e. The van der Waals surface area contributed by atoms with E-state index >= 15 is 0 Å². The molecular weight excluding hydrogens is 334 g/mol.